The van der Waals surface area contributed by atoms with Gasteiger partial charge in [-0.15, -0.1) is 0 Å². The van der Waals surface area contributed by atoms with Gasteiger partial charge in [-0.1, -0.05) is 28.0 Å². The molecule has 0 aliphatic carbocycles. The zero-order valence-corrected chi connectivity index (χ0v) is 13.5. The molecule has 20 heavy (non-hydrogen) atoms. The molecule has 0 atom stereocenters. The van der Waals surface area contributed by atoms with E-state index in [2.05, 4.69) is 15.9 Å². The Bertz CT molecular complexity index is 542. The second-order valence-corrected chi connectivity index (χ2v) is 6.72. The van der Waals surface area contributed by atoms with Gasteiger partial charge in [0.05, 0.1) is 11.2 Å². The van der Waals surface area contributed by atoms with Crippen LogP contribution in [-0.4, -0.2) is 23.4 Å². The normalized spacial score (nSPS) is 20.8. The minimum absolute atomic E-state index is 0.367. The Labute approximate surface area is 127 Å². The zero-order valence-electron chi connectivity index (χ0n) is 11.9. The van der Waals surface area contributed by atoms with Crippen LogP contribution in [0.25, 0.3) is 6.08 Å². The smallest absolute Gasteiger partial charge is 0.487 e. The predicted molar refractivity (Wildman–Crippen MR) is 80.9 cm³/mol. The van der Waals surface area contributed by atoms with Crippen molar-refractivity contribution in [2.24, 2.45) is 0 Å². The lowest BCUT2D eigenvalue weighted by Gasteiger charge is -2.32. The Morgan fingerprint density at radius 3 is 2.30 bits per heavy atom. The van der Waals surface area contributed by atoms with Gasteiger partial charge in [0, 0.05) is 10.0 Å². The Balaban J connectivity index is 2.20. The average molecular weight is 343 g/mol. The van der Waals surface area contributed by atoms with E-state index in [9.17, 15) is 9.50 Å². The lowest BCUT2D eigenvalue weighted by atomic mass is 9.89. The number of halogens is 2. The van der Waals surface area contributed by atoms with Crippen LogP contribution in [0.15, 0.2) is 22.6 Å². The van der Waals surface area contributed by atoms with Crippen molar-refractivity contribution < 1.29 is 18.8 Å². The van der Waals surface area contributed by atoms with E-state index in [-0.39, 0.29) is 5.75 Å². The summed E-state index contributed by atoms with van der Waals surface area (Å²) in [6.45, 7) is 7.82. The quantitative estimate of drug-likeness (QED) is 0.827. The molecule has 1 heterocycles. The fraction of sp³-hybridized carbons (Fsp3) is 0.429. The second kappa shape index (κ2) is 5.17. The summed E-state index contributed by atoms with van der Waals surface area (Å²) in [6, 6.07) is 2.83. The highest BCUT2D eigenvalue weighted by molar-refractivity contribution is 9.10. The van der Waals surface area contributed by atoms with E-state index in [0.717, 1.165) is 0 Å². The van der Waals surface area contributed by atoms with Crippen LogP contribution in [0.2, 0.25) is 0 Å². The van der Waals surface area contributed by atoms with E-state index in [1.807, 2.05) is 27.7 Å². The lowest BCUT2D eigenvalue weighted by Crippen LogP contribution is -2.41. The Morgan fingerprint density at radius 1 is 1.20 bits per heavy atom. The van der Waals surface area contributed by atoms with Crippen molar-refractivity contribution >= 4 is 29.1 Å². The Hall–Kier alpha value is -0.845. The largest absolute Gasteiger partial charge is 0.504 e. The van der Waals surface area contributed by atoms with Crippen LogP contribution >= 0.6 is 15.9 Å². The first-order chi connectivity index (χ1) is 9.12. The van der Waals surface area contributed by atoms with Crippen molar-refractivity contribution in [3.8, 4) is 5.75 Å². The molecular weight excluding hydrogens is 326 g/mol. The van der Waals surface area contributed by atoms with E-state index in [0.29, 0.717) is 10.0 Å². The molecule has 0 spiro atoms. The molecule has 1 aliphatic heterocycles. The second-order valence-electron chi connectivity index (χ2n) is 5.81. The number of aromatic hydroxyl groups is 1. The molecule has 1 saturated heterocycles. The van der Waals surface area contributed by atoms with Gasteiger partial charge in [0.15, 0.2) is 11.6 Å². The van der Waals surface area contributed by atoms with Crippen LogP contribution in [0.3, 0.4) is 0 Å². The first-order valence-electron chi connectivity index (χ1n) is 6.34. The van der Waals surface area contributed by atoms with E-state index in [4.69, 9.17) is 9.31 Å². The van der Waals surface area contributed by atoms with Gasteiger partial charge in [0.25, 0.3) is 0 Å². The molecule has 1 aromatic rings. The molecule has 0 bridgehead atoms. The third-order valence-electron chi connectivity index (χ3n) is 3.76. The van der Waals surface area contributed by atoms with Crippen LogP contribution in [0.4, 0.5) is 4.39 Å². The van der Waals surface area contributed by atoms with Gasteiger partial charge in [-0.3, -0.25) is 0 Å². The summed E-state index contributed by atoms with van der Waals surface area (Å²) in [4.78, 5) is 0. The number of phenolic OH excluding ortho intramolecular Hbond substituents is 1. The first kappa shape index (κ1) is 15.5. The van der Waals surface area contributed by atoms with E-state index >= 15 is 0 Å². The molecular formula is C14H17BBrFO3. The molecule has 1 aliphatic rings. The fourth-order valence-electron chi connectivity index (χ4n) is 1.86. The van der Waals surface area contributed by atoms with Crippen LogP contribution in [0.1, 0.15) is 33.3 Å². The maximum absolute atomic E-state index is 13.4. The van der Waals surface area contributed by atoms with Crippen molar-refractivity contribution in [2.45, 2.75) is 38.9 Å². The minimum Gasteiger partial charge on any atom is -0.504 e. The summed E-state index contributed by atoms with van der Waals surface area (Å²) in [5.41, 5.74) is -0.481. The molecule has 2 rings (SSSR count). The SMILES string of the molecule is CC1(C)OB(/C=C/c2cc(Br)cc(F)c2O)OC1(C)C. The standard InChI is InChI=1S/C14H17BBrFO3/c1-13(2)14(3,4)20-15(19-13)6-5-9-7-10(16)8-11(17)12(9)18/h5-8,18H,1-4H3/b6-5+. The molecule has 6 heteroatoms. The fourth-order valence-corrected chi connectivity index (χ4v) is 2.31. The van der Waals surface area contributed by atoms with Crippen molar-refractivity contribution in [3.63, 3.8) is 0 Å². The highest BCUT2D eigenvalue weighted by atomic mass is 79.9. The third kappa shape index (κ3) is 2.92. The number of benzene rings is 1. The molecule has 1 N–H and O–H groups in total. The molecule has 0 saturated carbocycles. The topological polar surface area (TPSA) is 38.7 Å². The first-order valence-corrected chi connectivity index (χ1v) is 7.13. The van der Waals surface area contributed by atoms with Gasteiger partial charge in [-0.25, -0.2) is 4.39 Å². The highest BCUT2D eigenvalue weighted by Gasteiger charge is 2.50. The maximum atomic E-state index is 13.4. The molecule has 1 aromatic carbocycles. The number of rotatable bonds is 2. The average Bonchev–Trinajstić information content (AvgIpc) is 2.50. The summed E-state index contributed by atoms with van der Waals surface area (Å²) in [7, 11) is -0.526. The van der Waals surface area contributed by atoms with Crippen LogP contribution in [0, 0.1) is 5.82 Å². The number of hydrogen-bond donors (Lipinski definition) is 1. The summed E-state index contributed by atoms with van der Waals surface area (Å²) in [6.07, 6.45) is 1.59. The van der Waals surface area contributed by atoms with Gasteiger partial charge in [-0.05, 0) is 39.8 Å². The van der Waals surface area contributed by atoms with E-state index in [1.165, 1.54) is 6.07 Å². The summed E-state index contributed by atoms with van der Waals surface area (Å²) in [5.74, 6) is 0.603. The van der Waals surface area contributed by atoms with Gasteiger partial charge >= 0.3 is 7.12 Å². The third-order valence-corrected chi connectivity index (χ3v) is 4.22. The van der Waals surface area contributed by atoms with Crippen LogP contribution < -0.4 is 0 Å². The van der Waals surface area contributed by atoms with Crippen molar-refractivity contribution in [2.75, 3.05) is 0 Å². The maximum Gasteiger partial charge on any atom is 0.487 e. The van der Waals surface area contributed by atoms with Gasteiger partial charge in [-0.2, -0.15) is 0 Å². The summed E-state index contributed by atoms with van der Waals surface area (Å²) in [5, 5.41) is 9.67. The zero-order chi connectivity index (χ0) is 15.1. The Morgan fingerprint density at radius 2 is 1.75 bits per heavy atom. The molecule has 0 unspecified atom stereocenters. The predicted octanol–water partition coefficient (Wildman–Crippen LogP) is 3.94. The number of phenols is 1. The van der Waals surface area contributed by atoms with Crippen LogP contribution in [-0.2, 0) is 9.31 Å². The molecule has 0 radical (unpaired) electrons. The molecule has 1 fully saturated rings. The molecule has 0 amide bonds. The van der Waals surface area contributed by atoms with Crippen molar-refractivity contribution in [1.29, 1.82) is 0 Å². The van der Waals surface area contributed by atoms with Gasteiger partial charge in [0.1, 0.15) is 0 Å². The minimum atomic E-state index is -0.673. The molecule has 3 nitrogen and oxygen atoms in total. The Kier molecular flexibility index (Phi) is 4.02. The van der Waals surface area contributed by atoms with Crippen molar-refractivity contribution in [3.05, 3.63) is 34.0 Å². The van der Waals surface area contributed by atoms with E-state index < -0.39 is 24.1 Å². The highest BCUT2D eigenvalue weighted by Crippen LogP contribution is 2.37. The van der Waals surface area contributed by atoms with Gasteiger partial charge in [0.2, 0.25) is 0 Å². The monoisotopic (exact) mass is 342 g/mol. The number of hydrogen-bond acceptors (Lipinski definition) is 3. The molecule has 108 valence electrons. The summed E-state index contributed by atoms with van der Waals surface area (Å²) < 4.78 is 25.5. The summed E-state index contributed by atoms with van der Waals surface area (Å²) >= 11 is 3.19. The molecule has 0 aromatic heterocycles. The van der Waals surface area contributed by atoms with Gasteiger partial charge < -0.3 is 14.4 Å². The lowest BCUT2D eigenvalue weighted by molar-refractivity contribution is 0.00578. The van der Waals surface area contributed by atoms with Crippen LogP contribution in [0.5, 0.6) is 5.75 Å². The van der Waals surface area contributed by atoms with Crippen molar-refractivity contribution in [1.82, 2.24) is 0 Å². The van der Waals surface area contributed by atoms with E-state index in [1.54, 1.807) is 18.1 Å².